The lowest BCUT2D eigenvalue weighted by Crippen LogP contribution is -2.51. The average molecular weight is 267 g/mol. The fraction of sp³-hybridized carbons (Fsp3) is 0.733. The zero-order chi connectivity index (χ0) is 13.3. The third-order valence-corrected chi connectivity index (χ3v) is 5.49. The highest BCUT2D eigenvalue weighted by molar-refractivity contribution is 7.10. The molecule has 0 amide bonds. The summed E-state index contributed by atoms with van der Waals surface area (Å²) >= 11 is 1.73. The summed E-state index contributed by atoms with van der Waals surface area (Å²) in [5.41, 5.74) is 1.03. The van der Waals surface area contributed by atoms with Gasteiger partial charge in [0.15, 0.2) is 0 Å². The Balaban J connectivity index is 2.25. The molecule has 2 nitrogen and oxygen atoms in total. The second-order valence-corrected chi connectivity index (χ2v) is 7.19. The van der Waals surface area contributed by atoms with Crippen molar-refractivity contribution in [1.82, 2.24) is 4.90 Å². The molecule has 1 aliphatic carbocycles. The van der Waals surface area contributed by atoms with Crippen LogP contribution in [0.4, 0.5) is 0 Å². The van der Waals surface area contributed by atoms with E-state index in [2.05, 4.69) is 44.3 Å². The molecule has 0 spiro atoms. The highest BCUT2D eigenvalue weighted by Crippen LogP contribution is 2.44. The molecule has 1 aromatic rings. The molecule has 0 aromatic carbocycles. The van der Waals surface area contributed by atoms with E-state index in [1.165, 1.54) is 17.7 Å². The van der Waals surface area contributed by atoms with Crippen LogP contribution in [0.2, 0.25) is 0 Å². The zero-order valence-corrected chi connectivity index (χ0v) is 12.8. The minimum absolute atomic E-state index is 0.0694. The van der Waals surface area contributed by atoms with Crippen molar-refractivity contribution in [3.8, 4) is 0 Å². The Hall–Kier alpha value is -0.380. The van der Waals surface area contributed by atoms with E-state index < -0.39 is 0 Å². The van der Waals surface area contributed by atoms with Crippen molar-refractivity contribution in [3.63, 3.8) is 0 Å². The van der Waals surface area contributed by atoms with E-state index in [0.717, 1.165) is 24.3 Å². The van der Waals surface area contributed by atoms with Crippen molar-refractivity contribution >= 4 is 11.3 Å². The second kappa shape index (κ2) is 5.32. The molecule has 0 radical (unpaired) electrons. The van der Waals surface area contributed by atoms with Gasteiger partial charge in [0, 0.05) is 4.88 Å². The lowest BCUT2D eigenvalue weighted by atomic mass is 9.72. The van der Waals surface area contributed by atoms with Crippen LogP contribution in [0.1, 0.15) is 49.2 Å². The fourth-order valence-electron chi connectivity index (χ4n) is 3.14. The molecule has 1 atom stereocenters. The summed E-state index contributed by atoms with van der Waals surface area (Å²) in [6, 6.07) is 2.14. The number of likely N-dealkylation sites (N-methyl/N-ethyl adjacent to an activating group) is 1. The van der Waals surface area contributed by atoms with E-state index in [0.29, 0.717) is 0 Å². The van der Waals surface area contributed by atoms with Gasteiger partial charge in [-0.25, -0.2) is 0 Å². The van der Waals surface area contributed by atoms with Crippen molar-refractivity contribution in [2.45, 2.75) is 51.2 Å². The van der Waals surface area contributed by atoms with Crippen molar-refractivity contribution < 1.29 is 5.11 Å². The average Bonchev–Trinajstić information content (AvgIpc) is 2.76. The molecular weight excluding hydrogens is 242 g/mol. The van der Waals surface area contributed by atoms with Crippen LogP contribution >= 0.6 is 11.3 Å². The Morgan fingerprint density at radius 3 is 2.44 bits per heavy atom. The molecule has 1 heterocycles. The van der Waals surface area contributed by atoms with Gasteiger partial charge in [0.25, 0.3) is 0 Å². The molecule has 0 saturated heterocycles. The summed E-state index contributed by atoms with van der Waals surface area (Å²) in [7, 11) is 4.22. The Morgan fingerprint density at radius 1 is 1.39 bits per heavy atom. The number of rotatable bonds is 3. The molecule has 1 aromatic heterocycles. The van der Waals surface area contributed by atoms with Gasteiger partial charge in [-0.15, -0.1) is 11.3 Å². The van der Waals surface area contributed by atoms with Gasteiger partial charge in [-0.05, 0) is 69.6 Å². The maximum absolute atomic E-state index is 10.8. The number of nitrogens with zero attached hydrogens (tertiary/aromatic N) is 1. The number of aryl methyl sites for hydroxylation is 1. The molecular formula is C15H25NOS. The summed E-state index contributed by atoms with van der Waals surface area (Å²) in [6.45, 7) is 4.42. The van der Waals surface area contributed by atoms with Crippen LogP contribution in [0, 0.1) is 12.8 Å². The highest BCUT2D eigenvalue weighted by atomic mass is 32.1. The molecule has 2 rings (SSSR count). The summed E-state index contributed by atoms with van der Waals surface area (Å²) in [4.78, 5) is 3.53. The van der Waals surface area contributed by atoms with E-state index in [1.807, 2.05) is 0 Å². The summed E-state index contributed by atoms with van der Waals surface area (Å²) in [5, 5.41) is 12.9. The largest absolute Gasteiger partial charge is 0.386 e. The fourth-order valence-corrected chi connectivity index (χ4v) is 3.87. The van der Waals surface area contributed by atoms with Gasteiger partial charge in [0.05, 0.1) is 11.6 Å². The van der Waals surface area contributed by atoms with Gasteiger partial charge in [0.2, 0.25) is 0 Å². The van der Waals surface area contributed by atoms with Gasteiger partial charge < -0.3 is 10.0 Å². The maximum atomic E-state index is 10.8. The minimum atomic E-state index is -0.357. The smallest absolute Gasteiger partial charge is 0.0981 e. The molecule has 1 aliphatic rings. The first kappa shape index (κ1) is 14.0. The molecule has 3 heteroatoms. The van der Waals surface area contributed by atoms with E-state index in [-0.39, 0.29) is 11.6 Å². The van der Waals surface area contributed by atoms with Crippen molar-refractivity contribution in [2.24, 2.45) is 5.92 Å². The van der Waals surface area contributed by atoms with Gasteiger partial charge in [-0.3, -0.25) is 0 Å². The van der Waals surface area contributed by atoms with Crippen LogP contribution in [-0.2, 0) is 0 Å². The monoisotopic (exact) mass is 267 g/mol. The number of aliphatic hydroxyl groups is 1. The third-order valence-electron chi connectivity index (χ3n) is 4.61. The van der Waals surface area contributed by atoms with Crippen LogP contribution in [0.5, 0.6) is 0 Å². The topological polar surface area (TPSA) is 23.5 Å². The summed E-state index contributed by atoms with van der Waals surface area (Å²) in [6.07, 6.45) is 4.27. The van der Waals surface area contributed by atoms with Gasteiger partial charge in [-0.2, -0.15) is 0 Å². The standard InChI is InChI=1S/C15H25NOS/c1-11-5-7-15(8-6-11,16(3)4)14(17)13-9-12(2)18-10-13/h9-11,14,17H,5-8H2,1-4H3. The summed E-state index contributed by atoms with van der Waals surface area (Å²) < 4.78 is 0. The van der Waals surface area contributed by atoms with Crippen LogP contribution in [0.3, 0.4) is 0 Å². The van der Waals surface area contributed by atoms with Gasteiger partial charge >= 0.3 is 0 Å². The maximum Gasteiger partial charge on any atom is 0.0981 e. The molecule has 1 N–H and O–H groups in total. The van der Waals surface area contributed by atoms with Crippen LogP contribution in [0.25, 0.3) is 0 Å². The summed E-state index contributed by atoms with van der Waals surface area (Å²) in [5.74, 6) is 0.800. The Morgan fingerprint density at radius 2 is 2.00 bits per heavy atom. The predicted octanol–water partition coefficient (Wildman–Crippen LogP) is 3.60. The molecule has 1 fully saturated rings. The Kier molecular flexibility index (Phi) is 4.15. The molecule has 1 unspecified atom stereocenters. The quantitative estimate of drug-likeness (QED) is 0.904. The number of aliphatic hydroxyl groups excluding tert-OH is 1. The number of hydrogen-bond acceptors (Lipinski definition) is 3. The minimum Gasteiger partial charge on any atom is -0.386 e. The SMILES string of the molecule is Cc1cc(C(O)C2(N(C)C)CCC(C)CC2)cs1. The lowest BCUT2D eigenvalue weighted by Gasteiger charge is -2.47. The molecule has 18 heavy (non-hydrogen) atoms. The lowest BCUT2D eigenvalue weighted by molar-refractivity contribution is -0.0406. The van der Waals surface area contributed by atoms with Crippen molar-refractivity contribution in [1.29, 1.82) is 0 Å². The van der Waals surface area contributed by atoms with Crippen LogP contribution in [-0.4, -0.2) is 29.6 Å². The molecule has 0 aliphatic heterocycles. The zero-order valence-electron chi connectivity index (χ0n) is 11.9. The highest BCUT2D eigenvalue weighted by Gasteiger charge is 2.43. The van der Waals surface area contributed by atoms with Gasteiger partial charge in [0.1, 0.15) is 0 Å². The molecule has 102 valence electrons. The van der Waals surface area contributed by atoms with E-state index in [4.69, 9.17) is 0 Å². The van der Waals surface area contributed by atoms with Crippen LogP contribution in [0.15, 0.2) is 11.4 Å². The Bertz CT molecular complexity index is 391. The van der Waals surface area contributed by atoms with Crippen molar-refractivity contribution in [2.75, 3.05) is 14.1 Å². The Labute approximate surface area is 115 Å². The predicted molar refractivity (Wildman–Crippen MR) is 78.1 cm³/mol. The van der Waals surface area contributed by atoms with E-state index in [9.17, 15) is 5.11 Å². The van der Waals surface area contributed by atoms with E-state index in [1.54, 1.807) is 11.3 Å². The second-order valence-electron chi connectivity index (χ2n) is 6.07. The van der Waals surface area contributed by atoms with Crippen molar-refractivity contribution in [3.05, 3.63) is 21.9 Å². The van der Waals surface area contributed by atoms with Gasteiger partial charge in [-0.1, -0.05) is 6.92 Å². The van der Waals surface area contributed by atoms with E-state index >= 15 is 0 Å². The number of hydrogen-bond donors (Lipinski definition) is 1. The first-order valence-corrected chi connectivity index (χ1v) is 7.74. The normalized spacial score (nSPS) is 30.7. The third kappa shape index (κ3) is 2.49. The van der Waals surface area contributed by atoms with Crippen LogP contribution < -0.4 is 0 Å². The number of thiophene rings is 1. The first-order valence-electron chi connectivity index (χ1n) is 6.86. The molecule has 1 saturated carbocycles. The molecule has 0 bridgehead atoms. The first-order chi connectivity index (χ1) is 8.45.